The second kappa shape index (κ2) is 9.62. The Bertz CT molecular complexity index is 1310. The van der Waals surface area contributed by atoms with Crippen molar-refractivity contribution in [1.29, 1.82) is 0 Å². The zero-order chi connectivity index (χ0) is 23.6. The summed E-state index contributed by atoms with van der Waals surface area (Å²) in [5.41, 5.74) is 1.61. The van der Waals surface area contributed by atoms with E-state index in [1.54, 1.807) is 60.7 Å². The Labute approximate surface area is 197 Å². The Balaban J connectivity index is 1.64. The van der Waals surface area contributed by atoms with E-state index in [1.807, 2.05) is 6.07 Å². The molecule has 1 aliphatic rings. The molecule has 0 spiro atoms. The lowest BCUT2D eigenvalue weighted by molar-refractivity contribution is 0.0977. The second-order valence-electron chi connectivity index (χ2n) is 7.47. The third-order valence-corrected chi connectivity index (χ3v) is 8.73. The molecule has 2 N–H and O–H groups in total. The quantitative estimate of drug-likeness (QED) is 0.376. The highest BCUT2D eigenvalue weighted by atomic mass is 32.2. The number of nitrogens with zero attached hydrogens (tertiary/aromatic N) is 1. The number of carbonyl (C=O) groups is 2. The van der Waals surface area contributed by atoms with Crippen molar-refractivity contribution in [2.24, 2.45) is 0 Å². The standard InChI is InChI=1S/C25H23NO5S2/c1-33(31,26(13-15-27)14-16-28)18-11-9-17(10-12-18)32-22-8-4-7-21-23(22)25(30)20-6-3-2-5-19(20)24(21)29/h2-12,27-28H,1,13-16H2. The average Bonchev–Trinajstić information content (AvgIpc) is 2.82. The first kappa shape index (κ1) is 23.4. The number of benzene rings is 3. The van der Waals surface area contributed by atoms with E-state index in [1.165, 1.54) is 16.1 Å². The SMILES string of the molecule is C=S(=O)(c1ccc(Sc2cccc3c2C(=O)c2ccccc2C3=O)cc1)N(CCO)CCO. The summed E-state index contributed by atoms with van der Waals surface area (Å²) in [7, 11) is -2.87. The van der Waals surface area contributed by atoms with Crippen molar-refractivity contribution in [2.45, 2.75) is 14.7 Å². The van der Waals surface area contributed by atoms with Gasteiger partial charge in [-0.05, 0) is 36.2 Å². The van der Waals surface area contributed by atoms with Gasteiger partial charge in [0, 0.05) is 50.0 Å². The third-order valence-electron chi connectivity index (χ3n) is 5.45. The highest BCUT2D eigenvalue weighted by Gasteiger charge is 2.31. The molecular weight excluding hydrogens is 458 g/mol. The van der Waals surface area contributed by atoms with Gasteiger partial charge in [0.2, 0.25) is 0 Å². The van der Waals surface area contributed by atoms with Crippen molar-refractivity contribution in [1.82, 2.24) is 4.31 Å². The summed E-state index contributed by atoms with van der Waals surface area (Å²) in [5, 5.41) is 18.5. The van der Waals surface area contributed by atoms with Gasteiger partial charge in [0.25, 0.3) is 0 Å². The van der Waals surface area contributed by atoms with E-state index in [-0.39, 0.29) is 37.9 Å². The van der Waals surface area contributed by atoms with Gasteiger partial charge in [-0.2, -0.15) is 0 Å². The van der Waals surface area contributed by atoms with Gasteiger partial charge < -0.3 is 10.2 Å². The maximum absolute atomic E-state index is 13.2. The van der Waals surface area contributed by atoms with Gasteiger partial charge in [0.05, 0.1) is 22.9 Å². The minimum atomic E-state index is -2.87. The lowest BCUT2D eigenvalue weighted by Gasteiger charge is -2.25. The number of carbonyl (C=O) groups excluding carboxylic acids is 2. The molecular formula is C25H23NO5S2. The summed E-state index contributed by atoms with van der Waals surface area (Å²) in [6.45, 7) is -0.134. The molecule has 0 fully saturated rings. The molecule has 8 heteroatoms. The summed E-state index contributed by atoms with van der Waals surface area (Å²) >= 11 is 1.35. The highest BCUT2D eigenvalue weighted by Crippen LogP contribution is 2.37. The Morgan fingerprint density at radius 1 is 0.788 bits per heavy atom. The maximum atomic E-state index is 13.2. The predicted octanol–water partition coefficient (Wildman–Crippen LogP) is 2.89. The van der Waals surface area contributed by atoms with Crippen LogP contribution in [-0.2, 0) is 9.71 Å². The van der Waals surface area contributed by atoms with Crippen LogP contribution in [0.15, 0.2) is 81.4 Å². The molecule has 170 valence electrons. The van der Waals surface area contributed by atoms with Crippen molar-refractivity contribution >= 4 is 38.9 Å². The van der Waals surface area contributed by atoms with Crippen LogP contribution in [0.1, 0.15) is 31.8 Å². The molecule has 1 atom stereocenters. The van der Waals surface area contributed by atoms with Gasteiger partial charge in [-0.15, -0.1) is 0 Å². The second-order valence-corrected chi connectivity index (χ2v) is 10.9. The molecule has 0 amide bonds. The van der Waals surface area contributed by atoms with Crippen LogP contribution < -0.4 is 0 Å². The van der Waals surface area contributed by atoms with E-state index in [0.29, 0.717) is 32.0 Å². The zero-order valence-electron chi connectivity index (χ0n) is 17.8. The molecule has 6 nitrogen and oxygen atoms in total. The number of fused-ring (bicyclic) bond motifs is 2. The maximum Gasteiger partial charge on any atom is 0.195 e. The lowest BCUT2D eigenvalue weighted by atomic mass is 9.84. The summed E-state index contributed by atoms with van der Waals surface area (Å²) in [5.74, 6) is 3.49. The largest absolute Gasteiger partial charge is 0.395 e. The van der Waals surface area contributed by atoms with Gasteiger partial charge in [-0.25, -0.2) is 8.51 Å². The number of ketones is 2. The molecule has 3 aromatic rings. The van der Waals surface area contributed by atoms with Crippen LogP contribution in [0.3, 0.4) is 0 Å². The molecule has 33 heavy (non-hydrogen) atoms. The van der Waals surface area contributed by atoms with Crippen LogP contribution in [0.4, 0.5) is 0 Å². The summed E-state index contributed by atoms with van der Waals surface area (Å²) in [4.78, 5) is 28.1. The fraction of sp³-hybridized carbons (Fsp3) is 0.160. The summed E-state index contributed by atoms with van der Waals surface area (Å²) < 4.78 is 14.7. The molecule has 1 aliphatic carbocycles. The number of hydrogen-bond acceptors (Lipinski definition) is 6. The Morgan fingerprint density at radius 3 is 1.97 bits per heavy atom. The van der Waals surface area contributed by atoms with Gasteiger partial charge in [-0.1, -0.05) is 48.2 Å². The average molecular weight is 482 g/mol. The molecule has 3 aromatic carbocycles. The summed E-state index contributed by atoms with van der Waals surface area (Å²) in [6, 6.07) is 19.0. The fourth-order valence-corrected chi connectivity index (χ4v) is 6.41. The Hall–Kier alpha value is -2.75. The summed E-state index contributed by atoms with van der Waals surface area (Å²) in [6.07, 6.45) is 0. The Morgan fingerprint density at radius 2 is 1.36 bits per heavy atom. The van der Waals surface area contributed by atoms with Crippen LogP contribution in [0.2, 0.25) is 0 Å². The topological polar surface area (TPSA) is 94.9 Å². The van der Waals surface area contributed by atoms with Crippen molar-refractivity contribution in [3.63, 3.8) is 0 Å². The van der Waals surface area contributed by atoms with E-state index in [2.05, 4.69) is 5.87 Å². The van der Waals surface area contributed by atoms with Crippen molar-refractivity contribution in [2.75, 3.05) is 26.3 Å². The van der Waals surface area contributed by atoms with Crippen LogP contribution in [-0.4, -0.2) is 62.5 Å². The monoisotopic (exact) mass is 481 g/mol. The molecule has 0 saturated carbocycles. The third kappa shape index (κ3) is 4.40. The van der Waals surface area contributed by atoms with Crippen LogP contribution in [0, 0.1) is 0 Å². The van der Waals surface area contributed by atoms with Gasteiger partial charge >= 0.3 is 0 Å². The molecule has 0 radical (unpaired) electrons. The molecule has 4 rings (SSSR count). The number of aliphatic hydroxyl groups is 2. The Kier molecular flexibility index (Phi) is 6.83. The molecule has 0 saturated heterocycles. The highest BCUT2D eigenvalue weighted by molar-refractivity contribution is 7.99. The van der Waals surface area contributed by atoms with Crippen molar-refractivity contribution < 1.29 is 24.0 Å². The van der Waals surface area contributed by atoms with Crippen LogP contribution in [0.25, 0.3) is 0 Å². The molecule has 0 aliphatic heterocycles. The smallest absolute Gasteiger partial charge is 0.195 e. The number of hydrogen-bond donors (Lipinski definition) is 2. The van der Waals surface area contributed by atoms with Gasteiger partial charge in [0.1, 0.15) is 0 Å². The molecule has 0 heterocycles. The minimum absolute atomic E-state index is 0.132. The van der Waals surface area contributed by atoms with E-state index in [0.717, 1.165) is 4.90 Å². The van der Waals surface area contributed by atoms with Gasteiger partial charge in [0.15, 0.2) is 11.6 Å². The molecule has 0 aromatic heterocycles. The predicted molar refractivity (Wildman–Crippen MR) is 130 cm³/mol. The minimum Gasteiger partial charge on any atom is -0.395 e. The van der Waals surface area contributed by atoms with E-state index < -0.39 is 9.71 Å². The lowest BCUT2D eigenvalue weighted by Crippen LogP contribution is -2.35. The van der Waals surface area contributed by atoms with Gasteiger partial charge in [-0.3, -0.25) is 9.59 Å². The van der Waals surface area contributed by atoms with Crippen LogP contribution >= 0.6 is 11.8 Å². The van der Waals surface area contributed by atoms with Crippen molar-refractivity contribution in [3.05, 3.63) is 89.0 Å². The number of aliphatic hydroxyl groups excluding tert-OH is 2. The van der Waals surface area contributed by atoms with Crippen molar-refractivity contribution in [3.8, 4) is 0 Å². The normalized spacial score (nSPS) is 14.6. The van der Waals surface area contributed by atoms with Crippen LogP contribution in [0.5, 0.6) is 0 Å². The first-order valence-electron chi connectivity index (χ1n) is 10.3. The first-order chi connectivity index (χ1) is 15.9. The number of rotatable bonds is 8. The van der Waals surface area contributed by atoms with E-state index >= 15 is 0 Å². The van der Waals surface area contributed by atoms with E-state index in [4.69, 9.17) is 0 Å². The van der Waals surface area contributed by atoms with E-state index in [9.17, 15) is 24.0 Å². The zero-order valence-corrected chi connectivity index (χ0v) is 19.4. The molecule has 1 unspecified atom stereocenters. The first-order valence-corrected chi connectivity index (χ1v) is 12.8. The fourth-order valence-electron chi connectivity index (χ4n) is 3.82. The molecule has 0 bridgehead atoms.